The van der Waals surface area contributed by atoms with Crippen LogP contribution < -0.4 is 19.9 Å². The van der Waals surface area contributed by atoms with Crippen LogP contribution in [0.3, 0.4) is 0 Å². The van der Waals surface area contributed by atoms with E-state index in [4.69, 9.17) is 14.2 Å². The number of rotatable bonds is 5. The molecule has 3 aliphatic heterocycles. The van der Waals surface area contributed by atoms with E-state index in [1.165, 1.54) is 44.3 Å². The van der Waals surface area contributed by atoms with Crippen molar-refractivity contribution in [3.8, 4) is 17.2 Å². The number of allylic oxidation sites excluding steroid dienone is 2. The van der Waals surface area contributed by atoms with Crippen molar-refractivity contribution in [3.05, 3.63) is 69.6 Å². The van der Waals surface area contributed by atoms with Crippen LogP contribution in [0.1, 0.15) is 55.8 Å². The van der Waals surface area contributed by atoms with Crippen LogP contribution in [0.5, 0.6) is 17.2 Å². The third-order valence-corrected chi connectivity index (χ3v) is 7.76. The fourth-order valence-corrected chi connectivity index (χ4v) is 5.82. The molecule has 0 radical (unpaired) electrons. The zero-order valence-electron chi connectivity index (χ0n) is 20.9. The van der Waals surface area contributed by atoms with Gasteiger partial charge in [-0.25, -0.2) is 0 Å². The van der Waals surface area contributed by atoms with Gasteiger partial charge in [0.05, 0.1) is 19.3 Å². The van der Waals surface area contributed by atoms with Crippen molar-refractivity contribution < 1.29 is 19.3 Å². The van der Waals surface area contributed by atoms with E-state index in [2.05, 4.69) is 53.5 Å². The largest absolute Gasteiger partial charge is 0.507 e. The number of hydrogen-bond donors (Lipinski definition) is 1. The molecule has 1 aliphatic carbocycles. The Bertz CT molecular complexity index is 1280. The van der Waals surface area contributed by atoms with Gasteiger partial charge in [-0.1, -0.05) is 49.3 Å². The zero-order chi connectivity index (χ0) is 24.3. The van der Waals surface area contributed by atoms with E-state index < -0.39 is 0 Å². The van der Waals surface area contributed by atoms with Gasteiger partial charge in [0, 0.05) is 35.4 Å². The van der Waals surface area contributed by atoms with Crippen LogP contribution in [0.2, 0.25) is 0 Å². The number of nitrogens with zero attached hydrogens (tertiary/aromatic N) is 1. The van der Waals surface area contributed by atoms with Gasteiger partial charge in [-0.05, 0) is 60.8 Å². The summed E-state index contributed by atoms with van der Waals surface area (Å²) in [4.78, 5) is 2.52. The van der Waals surface area contributed by atoms with Gasteiger partial charge >= 0.3 is 0 Å². The summed E-state index contributed by atoms with van der Waals surface area (Å²) in [7, 11) is 0. The summed E-state index contributed by atoms with van der Waals surface area (Å²) in [5.41, 5.74) is 4.35. The molecular formula is C31H35NO4. The van der Waals surface area contributed by atoms with Gasteiger partial charge in [0.2, 0.25) is 0 Å². The molecule has 2 saturated heterocycles. The van der Waals surface area contributed by atoms with Crippen molar-refractivity contribution in [2.45, 2.75) is 44.6 Å². The molecule has 5 heteroatoms. The first-order chi connectivity index (χ1) is 17.8. The molecule has 0 unspecified atom stereocenters. The fraction of sp³-hybridized carbons (Fsp3) is 0.419. The number of benzene rings is 2. The Morgan fingerprint density at radius 3 is 2.72 bits per heavy atom. The summed E-state index contributed by atoms with van der Waals surface area (Å²) in [5.74, 6) is 2.07. The van der Waals surface area contributed by atoms with Crippen LogP contribution in [0.25, 0.3) is 17.7 Å². The Balaban J connectivity index is 1.15. The number of aromatic hydroxyl groups is 1. The van der Waals surface area contributed by atoms with Gasteiger partial charge in [-0.2, -0.15) is 0 Å². The van der Waals surface area contributed by atoms with E-state index in [0.29, 0.717) is 19.0 Å². The molecule has 5 nitrogen and oxygen atoms in total. The highest BCUT2D eigenvalue weighted by atomic mass is 16.5. The van der Waals surface area contributed by atoms with E-state index in [9.17, 15) is 5.11 Å². The SMILES string of the molecule is Oc1cc2c(c3c1=C1CO[C@H](c4ccc(OCCN5CCCCCC5)cc4)CC1=CC=C3)OCCC=2. The van der Waals surface area contributed by atoms with Crippen LogP contribution >= 0.6 is 0 Å². The first kappa shape index (κ1) is 23.4. The van der Waals surface area contributed by atoms with Gasteiger partial charge < -0.3 is 19.3 Å². The average molecular weight is 486 g/mol. The minimum Gasteiger partial charge on any atom is -0.507 e. The van der Waals surface area contributed by atoms with Crippen molar-refractivity contribution in [2.24, 2.45) is 0 Å². The van der Waals surface area contributed by atoms with Gasteiger partial charge in [0.15, 0.2) is 0 Å². The molecule has 3 heterocycles. The van der Waals surface area contributed by atoms with E-state index in [1.54, 1.807) is 0 Å². The summed E-state index contributed by atoms with van der Waals surface area (Å²) in [6, 6.07) is 10.2. The predicted molar refractivity (Wildman–Crippen MR) is 143 cm³/mol. The van der Waals surface area contributed by atoms with E-state index in [0.717, 1.165) is 64.6 Å². The van der Waals surface area contributed by atoms with Crippen LogP contribution in [0, 0.1) is 0 Å². The molecule has 1 atom stereocenters. The molecule has 0 amide bonds. The van der Waals surface area contributed by atoms with Gasteiger partial charge in [0.1, 0.15) is 23.9 Å². The molecule has 0 bridgehead atoms. The first-order valence-corrected chi connectivity index (χ1v) is 13.4. The highest BCUT2D eigenvalue weighted by Gasteiger charge is 2.26. The standard InChI is InChI=1S/C31H35NO4/c33-28-19-24-8-6-17-35-31(24)26-9-5-7-23-20-29(36-21-27(23)30(26)28)22-10-12-25(13-11-22)34-18-16-32-14-3-1-2-4-15-32/h5,7-13,19,29,33H,1-4,6,14-18,20-21H2/t29-/m0/s1. The molecule has 0 saturated carbocycles. The summed E-state index contributed by atoms with van der Waals surface area (Å²) in [6.45, 7) is 5.24. The third kappa shape index (κ3) is 4.82. The Morgan fingerprint density at radius 1 is 1.06 bits per heavy atom. The molecule has 6 rings (SSSR count). The van der Waals surface area contributed by atoms with Gasteiger partial charge in [-0.15, -0.1) is 0 Å². The molecule has 188 valence electrons. The zero-order valence-corrected chi connectivity index (χ0v) is 20.9. The predicted octanol–water partition coefficient (Wildman–Crippen LogP) is 4.48. The number of phenolic OH excluding ortho intramolecular Hbond substituents is 1. The maximum absolute atomic E-state index is 10.9. The van der Waals surface area contributed by atoms with E-state index in [1.807, 2.05) is 6.07 Å². The Labute approximate surface area is 213 Å². The van der Waals surface area contributed by atoms with Crippen LogP contribution in [0.15, 0.2) is 48.1 Å². The van der Waals surface area contributed by atoms with Gasteiger partial charge in [0.25, 0.3) is 0 Å². The molecule has 4 aliphatic rings. The molecule has 2 aromatic rings. The van der Waals surface area contributed by atoms with Crippen molar-refractivity contribution in [1.29, 1.82) is 0 Å². The second-order valence-electron chi connectivity index (χ2n) is 10.2. The van der Waals surface area contributed by atoms with Crippen molar-refractivity contribution in [3.63, 3.8) is 0 Å². The van der Waals surface area contributed by atoms with Crippen LogP contribution in [0.4, 0.5) is 0 Å². The van der Waals surface area contributed by atoms with Gasteiger partial charge in [-0.3, -0.25) is 4.90 Å². The number of ether oxygens (including phenoxy) is 3. The van der Waals surface area contributed by atoms with Crippen LogP contribution in [-0.2, 0) is 4.74 Å². The maximum atomic E-state index is 10.9. The monoisotopic (exact) mass is 485 g/mol. The molecule has 0 spiro atoms. The molecule has 2 aromatic carbocycles. The molecule has 36 heavy (non-hydrogen) atoms. The second-order valence-corrected chi connectivity index (χ2v) is 10.2. The smallest absolute Gasteiger partial charge is 0.134 e. The van der Waals surface area contributed by atoms with E-state index >= 15 is 0 Å². The molecule has 2 fully saturated rings. The lowest BCUT2D eigenvalue weighted by Gasteiger charge is -2.28. The number of hydrogen-bond acceptors (Lipinski definition) is 5. The molecular weight excluding hydrogens is 450 g/mol. The lowest BCUT2D eigenvalue weighted by molar-refractivity contribution is 0.0673. The normalized spacial score (nSPS) is 21.6. The number of fused-ring (bicyclic) bond motifs is 4. The third-order valence-electron chi connectivity index (χ3n) is 7.76. The number of likely N-dealkylation sites (tertiary alicyclic amines) is 1. The summed E-state index contributed by atoms with van der Waals surface area (Å²) < 4.78 is 18.4. The summed E-state index contributed by atoms with van der Waals surface area (Å²) >= 11 is 0. The maximum Gasteiger partial charge on any atom is 0.134 e. The average Bonchev–Trinajstić information content (AvgIpc) is 3.28. The van der Waals surface area contributed by atoms with Crippen molar-refractivity contribution in [2.75, 3.05) is 39.5 Å². The summed E-state index contributed by atoms with van der Waals surface area (Å²) in [6.07, 6.45) is 15.3. The van der Waals surface area contributed by atoms with Crippen LogP contribution in [-0.4, -0.2) is 49.5 Å². The van der Waals surface area contributed by atoms with Crippen molar-refractivity contribution >= 4 is 17.7 Å². The molecule has 1 N–H and O–H groups in total. The number of phenols is 1. The molecule has 0 aromatic heterocycles. The van der Waals surface area contributed by atoms with E-state index in [-0.39, 0.29) is 6.10 Å². The minimum absolute atomic E-state index is 0.0227. The fourth-order valence-electron chi connectivity index (χ4n) is 5.82. The Kier molecular flexibility index (Phi) is 6.84. The summed E-state index contributed by atoms with van der Waals surface area (Å²) in [5, 5.41) is 12.7. The second kappa shape index (κ2) is 10.5. The lowest BCUT2D eigenvalue weighted by atomic mass is 9.91. The highest BCUT2D eigenvalue weighted by Crippen LogP contribution is 2.37. The quantitative estimate of drug-likeness (QED) is 0.677. The lowest BCUT2D eigenvalue weighted by Crippen LogP contribution is -2.29. The highest BCUT2D eigenvalue weighted by molar-refractivity contribution is 5.77. The Morgan fingerprint density at radius 2 is 1.89 bits per heavy atom. The Hall–Kier alpha value is -3.02. The minimum atomic E-state index is -0.0227. The topological polar surface area (TPSA) is 51.2 Å². The van der Waals surface area contributed by atoms with Crippen molar-refractivity contribution in [1.82, 2.24) is 4.90 Å². The first-order valence-electron chi connectivity index (χ1n) is 13.4.